The third-order valence-corrected chi connectivity index (χ3v) is 4.32. The molecule has 0 saturated heterocycles. The quantitative estimate of drug-likeness (QED) is 0.766. The summed E-state index contributed by atoms with van der Waals surface area (Å²) in [5, 5.41) is 9.39. The summed E-state index contributed by atoms with van der Waals surface area (Å²) in [7, 11) is 3.08. The molecule has 7 nitrogen and oxygen atoms in total. The molecule has 0 aliphatic heterocycles. The molecule has 0 spiro atoms. The molecule has 0 bridgehead atoms. The number of anilines is 2. The van der Waals surface area contributed by atoms with Crippen molar-refractivity contribution in [3.8, 4) is 11.9 Å². The molecule has 1 aromatic carbocycles. The van der Waals surface area contributed by atoms with Gasteiger partial charge in [0.15, 0.2) is 17.2 Å². The van der Waals surface area contributed by atoms with Gasteiger partial charge in [0.1, 0.15) is 6.07 Å². The van der Waals surface area contributed by atoms with E-state index in [-0.39, 0.29) is 42.8 Å². The zero-order valence-corrected chi connectivity index (χ0v) is 15.7. The van der Waals surface area contributed by atoms with Crippen molar-refractivity contribution in [2.75, 3.05) is 24.8 Å². The molecule has 0 aliphatic carbocycles. The van der Waals surface area contributed by atoms with Crippen LogP contribution in [0.15, 0.2) is 28.7 Å². The molecule has 0 aliphatic rings. The van der Waals surface area contributed by atoms with Crippen molar-refractivity contribution in [1.82, 2.24) is 9.97 Å². The van der Waals surface area contributed by atoms with Crippen molar-refractivity contribution < 1.29 is 9.53 Å². The number of nitrogen functional groups attached to an aromatic ring is 1. The normalized spacial score (nSPS) is 11.0. The first kappa shape index (κ1) is 21.4. The lowest BCUT2D eigenvalue weighted by molar-refractivity contribution is -0.119. The number of ether oxygens (including phenoxy) is 1. The molecule has 1 heterocycles. The van der Waals surface area contributed by atoms with Crippen LogP contribution in [0.4, 0.5) is 11.8 Å². The smallest absolute Gasteiger partial charge is 0.238 e. The maximum Gasteiger partial charge on any atom is 0.238 e. The molecule has 0 unspecified atom stereocenters. The highest BCUT2D eigenvalue weighted by Crippen LogP contribution is 2.27. The fourth-order valence-corrected chi connectivity index (χ4v) is 2.79. The lowest BCUT2D eigenvalue weighted by Crippen LogP contribution is -2.38. The standard InChI is InChI=1S/C17H18BrN5O2.CH4/c1-10(14(24)8-11-5-4-6-12(18)7-11)23(2)15-13(9-19)16(25-3)22-17(20)21-15;/h4-7,10H,8H2,1-3H3,(H2,20,21,22);1H4/t10-;/m0./s1. The second-order valence-electron chi connectivity index (χ2n) is 5.46. The van der Waals surface area contributed by atoms with Gasteiger partial charge in [-0.1, -0.05) is 35.5 Å². The Bertz CT molecular complexity index is 835. The number of nitrogens with two attached hydrogens (primary N) is 1. The van der Waals surface area contributed by atoms with Gasteiger partial charge < -0.3 is 15.4 Å². The topological polar surface area (TPSA) is 105 Å². The Labute approximate surface area is 161 Å². The number of methoxy groups -OCH3 is 1. The summed E-state index contributed by atoms with van der Waals surface area (Å²) in [5.74, 6) is 0.315. The van der Waals surface area contributed by atoms with Crippen molar-refractivity contribution in [3.05, 3.63) is 39.9 Å². The van der Waals surface area contributed by atoms with Gasteiger partial charge in [-0.25, -0.2) is 0 Å². The van der Waals surface area contributed by atoms with Gasteiger partial charge >= 0.3 is 0 Å². The maximum atomic E-state index is 12.6. The highest BCUT2D eigenvalue weighted by Gasteiger charge is 2.24. The second-order valence-corrected chi connectivity index (χ2v) is 6.38. The van der Waals surface area contributed by atoms with E-state index in [1.807, 2.05) is 30.3 Å². The average molecular weight is 420 g/mol. The third-order valence-electron chi connectivity index (χ3n) is 3.83. The molecule has 1 atom stereocenters. The Morgan fingerprint density at radius 3 is 2.73 bits per heavy atom. The van der Waals surface area contributed by atoms with Gasteiger partial charge in [-0.15, -0.1) is 0 Å². The predicted molar refractivity (Wildman–Crippen MR) is 105 cm³/mol. The van der Waals surface area contributed by atoms with Gasteiger partial charge in [-0.05, 0) is 24.6 Å². The third kappa shape index (κ3) is 4.70. The van der Waals surface area contributed by atoms with E-state index in [0.29, 0.717) is 0 Å². The fourth-order valence-electron chi connectivity index (χ4n) is 2.34. The van der Waals surface area contributed by atoms with Gasteiger partial charge in [0.2, 0.25) is 11.8 Å². The number of halogens is 1. The van der Waals surface area contributed by atoms with Crippen LogP contribution in [0.2, 0.25) is 0 Å². The first-order valence-electron chi connectivity index (χ1n) is 7.49. The largest absolute Gasteiger partial charge is 0.480 e. The number of likely N-dealkylation sites (N-methyl/N-ethyl adjacent to an activating group) is 1. The van der Waals surface area contributed by atoms with Crippen LogP contribution < -0.4 is 15.4 Å². The monoisotopic (exact) mass is 419 g/mol. The summed E-state index contributed by atoms with van der Waals surface area (Å²) < 4.78 is 6.00. The number of ketones is 1. The lowest BCUT2D eigenvalue weighted by Gasteiger charge is -2.26. The van der Waals surface area contributed by atoms with Gasteiger partial charge in [0.25, 0.3) is 0 Å². The molecule has 0 radical (unpaired) electrons. The van der Waals surface area contributed by atoms with Crippen molar-refractivity contribution in [1.29, 1.82) is 5.26 Å². The van der Waals surface area contributed by atoms with Gasteiger partial charge in [-0.3, -0.25) is 4.79 Å². The summed E-state index contributed by atoms with van der Waals surface area (Å²) in [4.78, 5) is 22.2. The van der Waals surface area contributed by atoms with E-state index in [0.717, 1.165) is 10.0 Å². The number of hydrogen-bond donors (Lipinski definition) is 1. The molecule has 8 heteroatoms. The van der Waals surface area contributed by atoms with E-state index in [1.165, 1.54) is 7.11 Å². The van der Waals surface area contributed by atoms with E-state index in [4.69, 9.17) is 10.5 Å². The summed E-state index contributed by atoms with van der Waals surface area (Å²) in [5.41, 5.74) is 6.73. The molecule has 0 saturated carbocycles. The predicted octanol–water partition coefficient (Wildman–Crippen LogP) is 2.97. The number of nitriles is 1. The maximum absolute atomic E-state index is 12.6. The van der Waals surface area contributed by atoms with Crippen molar-refractivity contribution in [2.45, 2.75) is 26.8 Å². The molecule has 0 fully saturated rings. The second kappa shape index (κ2) is 9.15. The van der Waals surface area contributed by atoms with E-state index in [9.17, 15) is 10.1 Å². The van der Waals surface area contributed by atoms with E-state index < -0.39 is 6.04 Å². The van der Waals surface area contributed by atoms with Crippen LogP contribution in [-0.2, 0) is 11.2 Å². The van der Waals surface area contributed by atoms with Crippen LogP contribution in [0.3, 0.4) is 0 Å². The van der Waals surface area contributed by atoms with E-state index in [1.54, 1.807) is 18.9 Å². The number of carbonyl (C=O) groups is 1. The minimum atomic E-state index is -0.509. The Morgan fingerprint density at radius 1 is 1.46 bits per heavy atom. The summed E-state index contributed by atoms with van der Waals surface area (Å²) in [6.45, 7) is 1.76. The number of rotatable bonds is 6. The van der Waals surface area contributed by atoms with Crippen LogP contribution in [0, 0.1) is 11.3 Å². The number of hydrogen-bond acceptors (Lipinski definition) is 7. The molecule has 0 amide bonds. The summed E-state index contributed by atoms with van der Waals surface area (Å²) in [6.07, 6.45) is 0.268. The van der Waals surface area contributed by atoms with Crippen LogP contribution in [-0.4, -0.2) is 36.0 Å². The first-order valence-corrected chi connectivity index (χ1v) is 8.28. The minimum Gasteiger partial charge on any atom is -0.480 e. The molecule has 2 aromatic rings. The average Bonchev–Trinajstić information content (AvgIpc) is 2.59. The fraction of sp³-hybridized carbons (Fsp3) is 0.333. The number of carbonyl (C=O) groups excluding carboxylic acids is 1. The Balaban J connectivity index is 0.00000338. The van der Waals surface area contributed by atoms with Gasteiger partial charge in [-0.2, -0.15) is 15.2 Å². The molecular formula is C18H22BrN5O2. The first-order chi connectivity index (χ1) is 11.9. The Morgan fingerprint density at radius 2 is 2.15 bits per heavy atom. The van der Waals surface area contributed by atoms with Crippen LogP contribution in [0.25, 0.3) is 0 Å². The van der Waals surface area contributed by atoms with Crippen LogP contribution in [0.5, 0.6) is 5.88 Å². The van der Waals surface area contributed by atoms with E-state index >= 15 is 0 Å². The highest BCUT2D eigenvalue weighted by atomic mass is 79.9. The highest BCUT2D eigenvalue weighted by molar-refractivity contribution is 9.10. The summed E-state index contributed by atoms with van der Waals surface area (Å²) >= 11 is 3.39. The number of Topliss-reactive ketones (excluding diaryl/α,β-unsaturated/α-hetero) is 1. The summed E-state index contributed by atoms with van der Waals surface area (Å²) in [6, 6.07) is 9.07. The van der Waals surface area contributed by atoms with Crippen LogP contribution >= 0.6 is 15.9 Å². The Hall–Kier alpha value is -2.66. The molecular weight excluding hydrogens is 398 g/mol. The zero-order valence-electron chi connectivity index (χ0n) is 14.2. The molecule has 138 valence electrons. The molecule has 2 rings (SSSR count). The molecule has 2 N–H and O–H groups in total. The van der Waals surface area contributed by atoms with Crippen LogP contribution in [0.1, 0.15) is 25.5 Å². The van der Waals surface area contributed by atoms with E-state index in [2.05, 4.69) is 25.9 Å². The zero-order chi connectivity index (χ0) is 18.6. The SMILES string of the molecule is C.COc1nc(N)nc(N(C)[C@@H](C)C(=O)Cc2cccc(Br)c2)c1C#N. The molecule has 26 heavy (non-hydrogen) atoms. The number of nitrogens with zero attached hydrogens (tertiary/aromatic N) is 4. The number of benzene rings is 1. The Kier molecular flexibility index (Phi) is 7.53. The van der Waals surface area contributed by atoms with Crippen molar-refractivity contribution >= 4 is 33.5 Å². The lowest BCUT2D eigenvalue weighted by atomic mass is 10.0. The molecule has 1 aromatic heterocycles. The van der Waals surface area contributed by atoms with Gasteiger partial charge in [0.05, 0.1) is 13.2 Å². The minimum absolute atomic E-state index is 0. The van der Waals surface area contributed by atoms with Crippen molar-refractivity contribution in [3.63, 3.8) is 0 Å². The number of aromatic nitrogens is 2. The van der Waals surface area contributed by atoms with Gasteiger partial charge in [0, 0.05) is 17.9 Å². The van der Waals surface area contributed by atoms with Crippen molar-refractivity contribution in [2.24, 2.45) is 0 Å².